The third-order valence-electron chi connectivity index (χ3n) is 3.35. The van der Waals surface area contributed by atoms with E-state index in [1.54, 1.807) is 24.3 Å². The van der Waals surface area contributed by atoms with Gasteiger partial charge in [0.15, 0.2) is 5.69 Å². The zero-order valence-electron chi connectivity index (χ0n) is 13.6. The van der Waals surface area contributed by atoms with Gasteiger partial charge < -0.3 is 9.64 Å². The molecule has 0 spiro atoms. The third kappa shape index (κ3) is 3.87. The quantitative estimate of drug-likeness (QED) is 0.840. The van der Waals surface area contributed by atoms with Crippen LogP contribution >= 0.6 is 0 Å². The van der Waals surface area contributed by atoms with Gasteiger partial charge in [-0.3, -0.25) is 9.48 Å². The number of ether oxygens (including phenoxy) is 1. The van der Waals surface area contributed by atoms with Crippen LogP contribution in [0.25, 0.3) is 0 Å². The van der Waals surface area contributed by atoms with Crippen molar-refractivity contribution in [2.24, 2.45) is 7.05 Å². The van der Waals surface area contributed by atoms with Gasteiger partial charge in [-0.05, 0) is 13.0 Å². The van der Waals surface area contributed by atoms with Crippen molar-refractivity contribution in [3.63, 3.8) is 0 Å². The maximum absolute atomic E-state index is 13.0. The highest BCUT2D eigenvalue weighted by molar-refractivity contribution is 5.95. The van der Waals surface area contributed by atoms with Crippen molar-refractivity contribution in [2.75, 3.05) is 13.7 Å². The van der Waals surface area contributed by atoms with Crippen molar-refractivity contribution in [3.8, 4) is 5.75 Å². The van der Waals surface area contributed by atoms with Crippen molar-refractivity contribution < 1.29 is 22.7 Å². The lowest BCUT2D eigenvalue weighted by atomic mass is 10.1. The molecule has 0 aliphatic heterocycles. The van der Waals surface area contributed by atoms with Gasteiger partial charge in [-0.25, -0.2) is 0 Å². The second-order valence-electron chi connectivity index (χ2n) is 5.26. The molecule has 0 saturated carbocycles. The highest BCUT2D eigenvalue weighted by atomic mass is 19.4. The van der Waals surface area contributed by atoms with Gasteiger partial charge in [0.05, 0.1) is 12.2 Å². The smallest absolute Gasteiger partial charge is 0.435 e. The number of carbonyl (C=O) groups is 1. The van der Waals surface area contributed by atoms with Gasteiger partial charge in [-0.15, -0.1) is 0 Å². The lowest BCUT2D eigenvalue weighted by Gasteiger charge is -2.19. The minimum atomic E-state index is -4.68. The van der Waals surface area contributed by atoms with E-state index in [0.717, 1.165) is 10.9 Å². The van der Waals surface area contributed by atoms with Crippen LogP contribution in [-0.2, 0) is 19.8 Å². The van der Waals surface area contributed by atoms with Crippen LogP contribution in [0, 0.1) is 0 Å². The van der Waals surface area contributed by atoms with Gasteiger partial charge in [0.2, 0.25) is 0 Å². The molecule has 0 N–H and O–H groups in total. The molecule has 1 heterocycles. The first-order valence-electron chi connectivity index (χ1n) is 7.31. The molecule has 5 nitrogen and oxygen atoms in total. The number of benzene rings is 1. The number of aromatic nitrogens is 2. The average molecular weight is 341 g/mol. The molecule has 8 heteroatoms. The third-order valence-corrected chi connectivity index (χ3v) is 3.35. The number of hydrogen-bond donors (Lipinski definition) is 0. The minimum Gasteiger partial charge on any atom is -0.494 e. The molecule has 0 saturated heterocycles. The molecule has 2 aromatic rings. The number of rotatable bonds is 5. The Balaban J connectivity index is 2.25. The normalized spacial score (nSPS) is 11.4. The molecule has 1 aromatic carbocycles. The van der Waals surface area contributed by atoms with Crippen LogP contribution in [0.3, 0.4) is 0 Å². The average Bonchev–Trinajstić information content (AvgIpc) is 2.91. The van der Waals surface area contributed by atoms with E-state index in [1.165, 1.54) is 19.0 Å². The monoisotopic (exact) mass is 341 g/mol. The van der Waals surface area contributed by atoms with E-state index in [1.807, 2.05) is 6.92 Å². The Morgan fingerprint density at radius 3 is 2.62 bits per heavy atom. The van der Waals surface area contributed by atoms with E-state index in [0.29, 0.717) is 17.9 Å². The highest BCUT2D eigenvalue weighted by Crippen LogP contribution is 2.31. The molecule has 24 heavy (non-hydrogen) atoms. The molecule has 1 aromatic heterocycles. The summed E-state index contributed by atoms with van der Waals surface area (Å²) in [5.74, 6) is -0.149. The first kappa shape index (κ1) is 17.8. The Bertz CT molecular complexity index is 726. The van der Waals surface area contributed by atoms with Crippen LogP contribution < -0.4 is 4.74 Å². The summed E-state index contributed by atoms with van der Waals surface area (Å²) in [6.07, 6.45) is -3.60. The molecule has 0 aliphatic carbocycles. The van der Waals surface area contributed by atoms with Gasteiger partial charge in [0.25, 0.3) is 5.91 Å². The molecular formula is C16H18F3N3O2. The summed E-state index contributed by atoms with van der Waals surface area (Å²) in [6.45, 7) is 2.41. The fourth-order valence-corrected chi connectivity index (χ4v) is 2.32. The van der Waals surface area contributed by atoms with Crippen molar-refractivity contribution in [2.45, 2.75) is 19.6 Å². The van der Waals surface area contributed by atoms with E-state index in [4.69, 9.17) is 4.74 Å². The molecule has 0 radical (unpaired) electrons. The van der Waals surface area contributed by atoms with Crippen molar-refractivity contribution in [1.82, 2.24) is 14.7 Å². The lowest BCUT2D eigenvalue weighted by molar-refractivity contribution is -0.141. The summed E-state index contributed by atoms with van der Waals surface area (Å²) in [6, 6.07) is 7.09. The van der Waals surface area contributed by atoms with Gasteiger partial charge in [0, 0.05) is 32.4 Å². The number of nitrogens with zero attached hydrogens (tertiary/aromatic N) is 3. The molecule has 0 fully saturated rings. The van der Waals surface area contributed by atoms with Crippen LogP contribution in [0.5, 0.6) is 5.75 Å². The first-order valence-corrected chi connectivity index (χ1v) is 7.31. The summed E-state index contributed by atoms with van der Waals surface area (Å²) in [4.78, 5) is 13.6. The number of amides is 1. The van der Waals surface area contributed by atoms with E-state index in [2.05, 4.69) is 5.10 Å². The predicted molar refractivity (Wildman–Crippen MR) is 81.6 cm³/mol. The maximum atomic E-state index is 13.0. The Hall–Kier alpha value is -2.51. The van der Waals surface area contributed by atoms with Gasteiger partial charge in [-0.1, -0.05) is 18.2 Å². The van der Waals surface area contributed by atoms with Crippen LogP contribution in [0.2, 0.25) is 0 Å². The Morgan fingerprint density at radius 1 is 1.33 bits per heavy atom. The van der Waals surface area contributed by atoms with E-state index < -0.39 is 23.3 Å². The second-order valence-corrected chi connectivity index (χ2v) is 5.26. The molecule has 0 unspecified atom stereocenters. The lowest BCUT2D eigenvalue weighted by Crippen LogP contribution is -2.28. The zero-order chi connectivity index (χ0) is 17.9. The Labute approximate surface area is 137 Å². The molecule has 0 bridgehead atoms. The summed E-state index contributed by atoms with van der Waals surface area (Å²) in [5.41, 5.74) is -0.936. The van der Waals surface area contributed by atoms with E-state index >= 15 is 0 Å². The van der Waals surface area contributed by atoms with Crippen molar-refractivity contribution >= 4 is 5.91 Å². The number of alkyl halides is 3. The number of aryl methyl sites for hydroxylation is 1. The maximum Gasteiger partial charge on any atom is 0.435 e. The molecule has 0 atom stereocenters. The largest absolute Gasteiger partial charge is 0.494 e. The van der Waals surface area contributed by atoms with Crippen LogP contribution in [0.1, 0.15) is 28.5 Å². The fourth-order valence-electron chi connectivity index (χ4n) is 2.32. The predicted octanol–water partition coefficient (Wildman–Crippen LogP) is 3.11. The number of hydrogen-bond acceptors (Lipinski definition) is 3. The van der Waals surface area contributed by atoms with E-state index in [-0.39, 0.29) is 6.54 Å². The van der Waals surface area contributed by atoms with Gasteiger partial charge in [-0.2, -0.15) is 18.3 Å². The SMILES string of the molecule is CCOc1ccccc1CN(C)C(=O)c1cn(C)nc1C(F)(F)F. The summed E-state index contributed by atoms with van der Waals surface area (Å²) in [7, 11) is 2.79. The molecular weight excluding hydrogens is 323 g/mol. The number of para-hydroxylation sites is 1. The summed E-state index contributed by atoms with van der Waals surface area (Å²) >= 11 is 0. The topological polar surface area (TPSA) is 47.4 Å². The zero-order valence-corrected chi connectivity index (χ0v) is 13.6. The van der Waals surface area contributed by atoms with Crippen LogP contribution in [0.4, 0.5) is 13.2 Å². The molecule has 130 valence electrons. The standard InChI is InChI=1S/C16H18F3N3O2/c1-4-24-13-8-6-5-7-11(13)9-21(2)15(23)12-10-22(3)20-14(12)16(17,18)19/h5-8,10H,4,9H2,1-3H3. The Morgan fingerprint density at radius 2 is 2.00 bits per heavy atom. The van der Waals surface area contributed by atoms with Gasteiger partial charge in [0.1, 0.15) is 5.75 Å². The molecule has 2 rings (SSSR count). The van der Waals surface area contributed by atoms with Crippen molar-refractivity contribution in [1.29, 1.82) is 0 Å². The molecule has 1 amide bonds. The van der Waals surface area contributed by atoms with Crippen LogP contribution in [-0.4, -0.2) is 34.2 Å². The Kier molecular flexibility index (Phi) is 5.16. The van der Waals surface area contributed by atoms with Gasteiger partial charge >= 0.3 is 6.18 Å². The van der Waals surface area contributed by atoms with Crippen LogP contribution in [0.15, 0.2) is 30.5 Å². The first-order chi connectivity index (χ1) is 11.2. The summed E-state index contributed by atoms with van der Waals surface area (Å²) in [5, 5.41) is 3.36. The molecule has 0 aliphatic rings. The number of carbonyl (C=O) groups excluding carboxylic acids is 1. The van der Waals surface area contributed by atoms with Crippen molar-refractivity contribution in [3.05, 3.63) is 47.3 Å². The highest BCUT2D eigenvalue weighted by Gasteiger charge is 2.39. The fraction of sp³-hybridized carbons (Fsp3) is 0.375. The number of halogens is 3. The minimum absolute atomic E-state index is 0.126. The summed E-state index contributed by atoms with van der Waals surface area (Å²) < 4.78 is 45.5. The van der Waals surface area contributed by atoms with E-state index in [9.17, 15) is 18.0 Å². The second kappa shape index (κ2) is 6.94.